The van der Waals surface area contributed by atoms with Gasteiger partial charge in [0.2, 0.25) is 5.91 Å². The van der Waals surface area contributed by atoms with Crippen LogP contribution in [0.25, 0.3) is 0 Å². The molecule has 0 atom stereocenters. The molecule has 1 saturated heterocycles. The number of rotatable bonds is 6. The van der Waals surface area contributed by atoms with Crippen LogP contribution in [-0.2, 0) is 4.79 Å². The molecule has 2 heterocycles. The first-order valence-electron chi connectivity index (χ1n) is 10.3. The van der Waals surface area contributed by atoms with Crippen LogP contribution < -0.4 is 5.32 Å². The zero-order valence-electron chi connectivity index (χ0n) is 16.6. The average Bonchev–Trinajstić information content (AvgIpc) is 2.95. The van der Waals surface area contributed by atoms with Crippen molar-refractivity contribution in [2.75, 3.05) is 25.4 Å². The monoisotopic (exact) mass is 378 g/mol. The summed E-state index contributed by atoms with van der Waals surface area (Å²) in [5.74, 6) is 0.620. The lowest BCUT2D eigenvalue weighted by atomic mass is 9.95. The Balaban J connectivity index is 1.54. The Labute approximate surface area is 162 Å². The molecule has 0 aromatic carbocycles. The zero-order valence-corrected chi connectivity index (χ0v) is 17.4. The van der Waals surface area contributed by atoms with Gasteiger partial charge in [-0.25, -0.2) is 4.98 Å². The Bertz CT molecular complexity index is 601. The first kappa shape index (κ1) is 19.7. The third kappa shape index (κ3) is 4.83. The van der Waals surface area contributed by atoms with Gasteiger partial charge in [-0.1, -0.05) is 37.9 Å². The number of hydrogen-bond donors (Lipinski definition) is 1. The van der Waals surface area contributed by atoms with E-state index in [1.165, 1.54) is 37.8 Å². The Morgan fingerprint density at radius 1 is 1.15 bits per heavy atom. The van der Waals surface area contributed by atoms with Gasteiger partial charge in [-0.3, -0.25) is 4.79 Å². The Morgan fingerprint density at radius 3 is 2.50 bits per heavy atom. The van der Waals surface area contributed by atoms with Crippen molar-refractivity contribution in [3.8, 4) is 0 Å². The van der Waals surface area contributed by atoms with Crippen molar-refractivity contribution in [2.45, 2.75) is 83.0 Å². The lowest BCUT2D eigenvalue weighted by Crippen LogP contribution is -2.45. The summed E-state index contributed by atoms with van der Waals surface area (Å²) >= 11 is 1.61. The first-order valence-corrected chi connectivity index (χ1v) is 11.3. The number of aryl methyl sites for hydroxylation is 1. The molecule has 1 aromatic heterocycles. The maximum Gasteiger partial charge on any atom is 0.230 e. The van der Waals surface area contributed by atoms with E-state index in [0.717, 1.165) is 43.3 Å². The molecule has 1 aliphatic carbocycles. The topological polar surface area (TPSA) is 50.2 Å². The van der Waals surface area contributed by atoms with Crippen LogP contribution in [0.1, 0.15) is 69.3 Å². The van der Waals surface area contributed by atoms with Gasteiger partial charge >= 0.3 is 0 Å². The van der Waals surface area contributed by atoms with E-state index in [9.17, 15) is 4.79 Å². The van der Waals surface area contributed by atoms with E-state index in [-0.39, 0.29) is 5.91 Å². The number of likely N-dealkylation sites (tertiary alicyclic amines) is 1. The van der Waals surface area contributed by atoms with E-state index >= 15 is 0 Å². The van der Waals surface area contributed by atoms with Crippen LogP contribution in [0.5, 0.6) is 0 Å². The molecule has 1 aromatic rings. The second-order valence-corrected chi connectivity index (χ2v) is 8.73. The highest BCUT2D eigenvalue weighted by Crippen LogP contribution is 2.34. The summed E-state index contributed by atoms with van der Waals surface area (Å²) in [7, 11) is 0. The molecule has 0 bridgehead atoms. The quantitative estimate of drug-likeness (QED) is 0.767. The highest BCUT2D eigenvalue weighted by molar-refractivity contribution is 7.99. The number of thioether (sulfide) groups is 1. The van der Waals surface area contributed by atoms with Crippen LogP contribution in [0.2, 0.25) is 0 Å². The molecule has 0 spiro atoms. The van der Waals surface area contributed by atoms with Crippen LogP contribution >= 0.6 is 11.8 Å². The molecule has 1 N–H and O–H groups in total. The number of imidazole rings is 1. The highest BCUT2D eigenvalue weighted by atomic mass is 32.2. The normalized spacial score (nSPS) is 20.4. The zero-order chi connectivity index (χ0) is 18.5. The fraction of sp³-hybridized carbons (Fsp3) is 0.800. The second kappa shape index (κ2) is 9.27. The van der Waals surface area contributed by atoms with Crippen molar-refractivity contribution in [3.63, 3.8) is 0 Å². The number of carbonyl (C=O) groups is 1. The van der Waals surface area contributed by atoms with Crippen molar-refractivity contribution in [2.24, 2.45) is 0 Å². The summed E-state index contributed by atoms with van der Waals surface area (Å²) < 4.78 is 2.41. The van der Waals surface area contributed by atoms with Crippen molar-refractivity contribution >= 4 is 17.7 Å². The predicted octanol–water partition coefficient (Wildman–Crippen LogP) is 3.70. The summed E-state index contributed by atoms with van der Waals surface area (Å²) in [6, 6.07) is 0.904. The third-order valence-electron chi connectivity index (χ3n) is 6.03. The van der Waals surface area contributed by atoms with E-state index in [1.54, 1.807) is 11.8 Å². The molecule has 26 heavy (non-hydrogen) atoms. The fourth-order valence-electron chi connectivity index (χ4n) is 4.26. The van der Waals surface area contributed by atoms with E-state index in [2.05, 4.69) is 35.6 Å². The molecule has 0 radical (unpaired) electrons. The molecule has 1 amide bonds. The average molecular weight is 379 g/mol. The molecule has 2 aliphatic rings. The van der Waals surface area contributed by atoms with E-state index in [1.807, 2.05) is 0 Å². The number of hydrogen-bond acceptors (Lipinski definition) is 4. The summed E-state index contributed by atoms with van der Waals surface area (Å²) in [5, 5.41) is 4.26. The number of nitrogens with zero attached hydrogens (tertiary/aromatic N) is 3. The maximum absolute atomic E-state index is 12.4. The Hall–Kier alpha value is -1.01. The molecule has 1 saturated carbocycles. The largest absolute Gasteiger partial charge is 0.353 e. The van der Waals surface area contributed by atoms with Gasteiger partial charge in [0.05, 0.1) is 11.4 Å². The highest BCUT2D eigenvalue weighted by Gasteiger charge is 2.23. The molecule has 5 nitrogen and oxygen atoms in total. The fourth-order valence-corrected chi connectivity index (χ4v) is 5.23. The number of aromatic nitrogens is 2. The minimum Gasteiger partial charge on any atom is -0.353 e. The van der Waals surface area contributed by atoms with Gasteiger partial charge in [-0.2, -0.15) is 0 Å². The molecule has 1 aliphatic heterocycles. The molecule has 146 valence electrons. The summed E-state index contributed by atoms with van der Waals surface area (Å²) in [4.78, 5) is 19.6. The minimum absolute atomic E-state index is 0.151. The van der Waals surface area contributed by atoms with Gasteiger partial charge in [0.25, 0.3) is 0 Å². The summed E-state index contributed by atoms with van der Waals surface area (Å²) in [5.41, 5.74) is 2.37. The summed E-state index contributed by atoms with van der Waals surface area (Å²) in [6.45, 7) is 9.76. The lowest BCUT2D eigenvalue weighted by molar-refractivity contribution is -0.119. The molecular formula is C20H34N4OS. The third-order valence-corrected chi connectivity index (χ3v) is 6.98. The lowest BCUT2D eigenvalue weighted by Gasteiger charge is -2.31. The van der Waals surface area contributed by atoms with Crippen molar-refractivity contribution in [1.82, 2.24) is 19.8 Å². The van der Waals surface area contributed by atoms with E-state index in [4.69, 9.17) is 4.98 Å². The predicted molar refractivity (Wildman–Crippen MR) is 108 cm³/mol. The van der Waals surface area contributed by atoms with Crippen LogP contribution in [-0.4, -0.2) is 51.8 Å². The second-order valence-electron chi connectivity index (χ2n) is 7.79. The van der Waals surface area contributed by atoms with E-state index in [0.29, 0.717) is 17.8 Å². The van der Waals surface area contributed by atoms with Crippen LogP contribution in [0.3, 0.4) is 0 Å². The smallest absolute Gasteiger partial charge is 0.230 e. The van der Waals surface area contributed by atoms with Crippen LogP contribution in [0.4, 0.5) is 0 Å². The van der Waals surface area contributed by atoms with Gasteiger partial charge in [0.1, 0.15) is 0 Å². The first-order chi connectivity index (χ1) is 12.6. The number of carbonyl (C=O) groups excluding carboxylic acids is 1. The molecule has 2 fully saturated rings. The Morgan fingerprint density at radius 2 is 1.85 bits per heavy atom. The van der Waals surface area contributed by atoms with Gasteiger partial charge in [0.15, 0.2) is 5.16 Å². The van der Waals surface area contributed by atoms with Crippen molar-refractivity contribution in [3.05, 3.63) is 11.4 Å². The van der Waals surface area contributed by atoms with Crippen LogP contribution in [0, 0.1) is 13.8 Å². The molecule has 6 heteroatoms. The van der Waals surface area contributed by atoms with Crippen LogP contribution in [0.15, 0.2) is 5.16 Å². The number of amides is 1. The maximum atomic E-state index is 12.4. The van der Waals surface area contributed by atoms with Gasteiger partial charge in [-0.05, 0) is 46.1 Å². The van der Waals surface area contributed by atoms with Crippen molar-refractivity contribution in [1.29, 1.82) is 0 Å². The number of piperidine rings is 1. The minimum atomic E-state index is 0.151. The van der Waals surface area contributed by atoms with E-state index < -0.39 is 0 Å². The van der Waals surface area contributed by atoms with Gasteiger partial charge in [0, 0.05) is 30.9 Å². The standard InChI is InChI=1S/C20H34N4OS/c1-4-23-12-10-17(11-13-23)22-19(25)14-26-20-21-15(2)16(3)24(20)18-8-6-5-7-9-18/h17-18H,4-14H2,1-3H3,(H,22,25). The molecule has 0 unspecified atom stereocenters. The number of nitrogens with one attached hydrogen (secondary N) is 1. The van der Waals surface area contributed by atoms with Gasteiger partial charge < -0.3 is 14.8 Å². The molecule has 3 rings (SSSR count). The Kier molecular flexibility index (Phi) is 7.04. The van der Waals surface area contributed by atoms with Crippen molar-refractivity contribution < 1.29 is 4.79 Å². The summed E-state index contributed by atoms with van der Waals surface area (Å²) in [6.07, 6.45) is 8.59. The van der Waals surface area contributed by atoms with Gasteiger partial charge in [-0.15, -0.1) is 0 Å². The SMILES string of the molecule is CCN1CCC(NC(=O)CSc2nc(C)c(C)n2C2CCCCC2)CC1. The molecular weight excluding hydrogens is 344 g/mol.